The van der Waals surface area contributed by atoms with Crippen LogP contribution in [0.5, 0.6) is 5.75 Å². The first-order valence-corrected chi connectivity index (χ1v) is 6.83. The van der Waals surface area contributed by atoms with Crippen LogP contribution in [0.25, 0.3) is 11.0 Å². The van der Waals surface area contributed by atoms with Crippen LogP contribution >= 0.6 is 0 Å². The Morgan fingerprint density at radius 1 is 1.10 bits per heavy atom. The average molecular weight is 284 g/mol. The van der Waals surface area contributed by atoms with Gasteiger partial charge in [0.15, 0.2) is 0 Å². The van der Waals surface area contributed by atoms with Crippen LogP contribution in [-0.2, 0) is 6.42 Å². The fourth-order valence-electron chi connectivity index (χ4n) is 2.71. The number of aliphatic hydroxyl groups excluding tert-OH is 1. The second kappa shape index (κ2) is 4.60. The van der Waals surface area contributed by atoms with Gasteiger partial charge in [-0.3, -0.25) is 0 Å². The number of hydrogen-bond donors (Lipinski definition) is 1. The van der Waals surface area contributed by atoms with Crippen molar-refractivity contribution in [2.75, 3.05) is 6.61 Å². The van der Waals surface area contributed by atoms with Crippen LogP contribution in [0, 0.1) is 5.82 Å². The minimum Gasteiger partial charge on any atom is -0.493 e. The van der Waals surface area contributed by atoms with Crippen LogP contribution in [0.3, 0.4) is 0 Å². The van der Waals surface area contributed by atoms with Gasteiger partial charge in [0, 0.05) is 11.8 Å². The number of ether oxygens (including phenoxy) is 1. The fourth-order valence-corrected chi connectivity index (χ4v) is 2.71. The molecule has 2 aromatic carbocycles. The molecule has 1 aliphatic rings. The Bertz CT molecular complexity index is 822. The van der Waals surface area contributed by atoms with Gasteiger partial charge in [-0.15, -0.1) is 0 Å². The Morgan fingerprint density at radius 3 is 2.90 bits per heavy atom. The standard InChI is InChI=1S/C17H13FO3/c18-13-2-4-15-12(8-13)9-16(21-15)17(19)11-1-3-14-10(7-11)5-6-20-14/h1-4,7-9,17,19H,5-6H2. The molecule has 3 aromatic rings. The van der Waals surface area contributed by atoms with Gasteiger partial charge in [0.1, 0.15) is 29.0 Å². The molecule has 0 fully saturated rings. The third-order valence-corrected chi connectivity index (χ3v) is 3.80. The molecule has 0 radical (unpaired) electrons. The summed E-state index contributed by atoms with van der Waals surface area (Å²) in [4.78, 5) is 0. The summed E-state index contributed by atoms with van der Waals surface area (Å²) >= 11 is 0. The molecule has 1 atom stereocenters. The number of halogens is 1. The van der Waals surface area contributed by atoms with E-state index in [9.17, 15) is 9.50 Å². The van der Waals surface area contributed by atoms with Crippen LogP contribution in [0.2, 0.25) is 0 Å². The molecule has 0 saturated carbocycles. The summed E-state index contributed by atoms with van der Waals surface area (Å²) < 4.78 is 24.3. The van der Waals surface area contributed by atoms with Crippen molar-refractivity contribution in [3.63, 3.8) is 0 Å². The predicted molar refractivity (Wildman–Crippen MR) is 75.9 cm³/mol. The van der Waals surface area contributed by atoms with Gasteiger partial charge in [-0.2, -0.15) is 0 Å². The van der Waals surface area contributed by atoms with Crippen LogP contribution in [0.15, 0.2) is 46.9 Å². The Balaban J connectivity index is 1.73. The van der Waals surface area contributed by atoms with E-state index in [0.717, 1.165) is 23.3 Å². The largest absolute Gasteiger partial charge is 0.493 e. The molecule has 0 amide bonds. The maximum atomic E-state index is 13.2. The molecular weight excluding hydrogens is 271 g/mol. The molecule has 0 bridgehead atoms. The summed E-state index contributed by atoms with van der Waals surface area (Å²) in [6.07, 6.45) is -0.0207. The number of benzene rings is 2. The summed E-state index contributed by atoms with van der Waals surface area (Å²) in [5, 5.41) is 11.1. The van der Waals surface area contributed by atoms with E-state index in [1.165, 1.54) is 12.1 Å². The molecule has 4 rings (SSSR count). The highest BCUT2D eigenvalue weighted by molar-refractivity contribution is 5.78. The van der Waals surface area contributed by atoms with E-state index in [0.29, 0.717) is 23.3 Å². The highest BCUT2D eigenvalue weighted by Crippen LogP contribution is 2.32. The topological polar surface area (TPSA) is 42.6 Å². The molecule has 2 heterocycles. The zero-order chi connectivity index (χ0) is 14.4. The molecule has 0 aliphatic carbocycles. The first-order chi connectivity index (χ1) is 10.2. The minimum absolute atomic E-state index is 0.320. The summed E-state index contributed by atoms with van der Waals surface area (Å²) in [5.41, 5.74) is 2.41. The van der Waals surface area contributed by atoms with E-state index in [4.69, 9.17) is 9.15 Å². The summed E-state index contributed by atoms with van der Waals surface area (Å²) in [7, 11) is 0. The fraction of sp³-hybridized carbons (Fsp3) is 0.176. The third-order valence-electron chi connectivity index (χ3n) is 3.80. The zero-order valence-corrected chi connectivity index (χ0v) is 11.2. The van der Waals surface area contributed by atoms with E-state index in [1.54, 1.807) is 12.1 Å². The van der Waals surface area contributed by atoms with Crippen molar-refractivity contribution in [3.05, 3.63) is 65.2 Å². The van der Waals surface area contributed by atoms with Crippen LogP contribution < -0.4 is 4.74 Å². The van der Waals surface area contributed by atoms with E-state index in [-0.39, 0.29) is 5.82 Å². The highest BCUT2D eigenvalue weighted by atomic mass is 19.1. The van der Waals surface area contributed by atoms with Crippen molar-refractivity contribution < 1.29 is 18.7 Å². The van der Waals surface area contributed by atoms with Crippen LogP contribution in [0.1, 0.15) is 23.0 Å². The van der Waals surface area contributed by atoms with Gasteiger partial charge in [0.25, 0.3) is 0 Å². The number of fused-ring (bicyclic) bond motifs is 2. The van der Waals surface area contributed by atoms with E-state index >= 15 is 0 Å². The SMILES string of the molecule is OC(c1ccc2c(c1)CCO2)c1cc2cc(F)ccc2o1. The van der Waals surface area contributed by atoms with Crippen molar-refractivity contribution >= 4 is 11.0 Å². The second-order valence-corrected chi connectivity index (χ2v) is 5.20. The van der Waals surface area contributed by atoms with Gasteiger partial charge in [0.05, 0.1) is 6.61 Å². The van der Waals surface area contributed by atoms with Gasteiger partial charge in [0.2, 0.25) is 0 Å². The Labute approximate surface area is 120 Å². The Hall–Kier alpha value is -2.33. The molecule has 1 unspecified atom stereocenters. The Morgan fingerprint density at radius 2 is 2.00 bits per heavy atom. The van der Waals surface area contributed by atoms with Crippen molar-refractivity contribution in [1.29, 1.82) is 0 Å². The number of hydrogen-bond acceptors (Lipinski definition) is 3. The quantitative estimate of drug-likeness (QED) is 0.782. The first-order valence-electron chi connectivity index (χ1n) is 6.83. The number of rotatable bonds is 2. The van der Waals surface area contributed by atoms with Crippen LogP contribution in [-0.4, -0.2) is 11.7 Å². The lowest BCUT2D eigenvalue weighted by molar-refractivity contribution is 0.192. The second-order valence-electron chi connectivity index (χ2n) is 5.20. The molecule has 106 valence electrons. The molecule has 3 nitrogen and oxygen atoms in total. The molecule has 1 N–H and O–H groups in total. The smallest absolute Gasteiger partial charge is 0.138 e. The van der Waals surface area contributed by atoms with Crippen LogP contribution in [0.4, 0.5) is 4.39 Å². The predicted octanol–water partition coefficient (Wildman–Crippen LogP) is 3.59. The molecular formula is C17H13FO3. The third kappa shape index (κ3) is 2.08. The summed E-state index contributed by atoms with van der Waals surface area (Å²) in [6.45, 7) is 0.679. The molecule has 1 aliphatic heterocycles. The van der Waals surface area contributed by atoms with Crippen molar-refractivity contribution in [2.24, 2.45) is 0 Å². The molecule has 1 aromatic heterocycles. The summed E-state index contributed by atoms with van der Waals surface area (Å²) in [5.74, 6) is 0.964. The lowest BCUT2D eigenvalue weighted by Gasteiger charge is -2.09. The van der Waals surface area contributed by atoms with Crippen molar-refractivity contribution in [2.45, 2.75) is 12.5 Å². The van der Waals surface area contributed by atoms with Gasteiger partial charge in [-0.1, -0.05) is 6.07 Å². The van der Waals surface area contributed by atoms with E-state index in [2.05, 4.69) is 0 Å². The molecule has 21 heavy (non-hydrogen) atoms. The zero-order valence-electron chi connectivity index (χ0n) is 11.2. The minimum atomic E-state index is -0.869. The van der Waals surface area contributed by atoms with Gasteiger partial charge >= 0.3 is 0 Å². The lowest BCUT2D eigenvalue weighted by Crippen LogP contribution is -1.98. The molecule has 0 spiro atoms. The number of furan rings is 1. The van der Waals surface area contributed by atoms with E-state index in [1.807, 2.05) is 18.2 Å². The normalized spacial score (nSPS) is 15.0. The van der Waals surface area contributed by atoms with Gasteiger partial charge in [-0.25, -0.2) is 4.39 Å². The number of aliphatic hydroxyl groups is 1. The molecule has 4 heteroatoms. The highest BCUT2D eigenvalue weighted by Gasteiger charge is 2.19. The van der Waals surface area contributed by atoms with Crippen molar-refractivity contribution in [3.8, 4) is 5.75 Å². The average Bonchev–Trinajstić information content (AvgIpc) is 3.11. The Kier molecular flexibility index (Phi) is 2.72. The summed E-state index contributed by atoms with van der Waals surface area (Å²) in [6, 6.07) is 11.6. The van der Waals surface area contributed by atoms with Gasteiger partial charge in [-0.05, 0) is 47.5 Å². The molecule has 0 saturated heterocycles. The maximum Gasteiger partial charge on any atom is 0.138 e. The maximum absolute atomic E-state index is 13.2. The monoisotopic (exact) mass is 284 g/mol. The first kappa shape index (κ1) is 12.4. The van der Waals surface area contributed by atoms with E-state index < -0.39 is 6.10 Å². The van der Waals surface area contributed by atoms with Gasteiger partial charge < -0.3 is 14.3 Å². The lowest BCUT2D eigenvalue weighted by atomic mass is 10.0. The van der Waals surface area contributed by atoms with Crippen molar-refractivity contribution in [1.82, 2.24) is 0 Å².